The van der Waals surface area contributed by atoms with Crippen molar-refractivity contribution < 1.29 is 4.79 Å². The van der Waals surface area contributed by atoms with Crippen LogP contribution >= 0.6 is 0 Å². The van der Waals surface area contributed by atoms with Crippen molar-refractivity contribution in [2.75, 3.05) is 23.3 Å². The molecule has 4 nitrogen and oxygen atoms in total. The molecule has 1 fully saturated rings. The van der Waals surface area contributed by atoms with Gasteiger partial charge in [-0.3, -0.25) is 4.79 Å². The number of nitrogens with zero attached hydrogens (tertiary/aromatic N) is 2. The van der Waals surface area contributed by atoms with Crippen molar-refractivity contribution >= 4 is 17.4 Å². The van der Waals surface area contributed by atoms with Gasteiger partial charge in [0.05, 0.1) is 5.69 Å². The first-order valence-corrected chi connectivity index (χ1v) is 6.31. The second-order valence-electron chi connectivity index (χ2n) is 4.37. The second-order valence-corrected chi connectivity index (χ2v) is 4.37. The van der Waals surface area contributed by atoms with Gasteiger partial charge in [-0.15, -0.1) is 0 Å². The zero-order valence-corrected chi connectivity index (χ0v) is 10.3. The molecule has 2 heterocycles. The third-order valence-electron chi connectivity index (χ3n) is 2.94. The number of anilines is 2. The monoisotopic (exact) mass is 233 g/mol. The van der Waals surface area contributed by atoms with Crippen LogP contribution in [0.1, 0.15) is 32.6 Å². The Morgan fingerprint density at radius 2 is 2.24 bits per heavy atom. The van der Waals surface area contributed by atoms with Gasteiger partial charge in [0.25, 0.3) is 0 Å². The molecule has 0 saturated carbocycles. The van der Waals surface area contributed by atoms with Gasteiger partial charge in [0, 0.05) is 25.7 Å². The third-order valence-corrected chi connectivity index (χ3v) is 2.94. The standard InChI is InChI=1S/C13H19N3O/c1-2-6-12(17)15-11-7-5-8-14-13(11)16-9-3-4-10-16/h5,7-8H,2-4,6,9-10H2,1H3,(H,15,17). The van der Waals surface area contributed by atoms with Gasteiger partial charge in [-0.25, -0.2) is 4.98 Å². The number of aromatic nitrogens is 1. The summed E-state index contributed by atoms with van der Waals surface area (Å²) in [6.07, 6.45) is 5.63. The van der Waals surface area contributed by atoms with Gasteiger partial charge in [0.1, 0.15) is 0 Å². The summed E-state index contributed by atoms with van der Waals surface area (Å²) in [6, 6.07) is 3.79. The molecule has 1 saturated heterocycles. The van der Waals surface area contributed by atoms with Crippen LogP contribution < -0.4 is 10.2 Å². The molecule has 1 aromatic heterocycles. The van der Waals surface area contributed by atoms with Crippen LogP contribution in [0.15, 0.2) is 18.3 Å². The van der Waals surface area contributed by atoms with Crippen molar-refractivity contribution in [3.63, 3.8) is 0 Å². The lowest BCUT2D eigenvalue weighted by atomic mass is 10.3. The Labute approximate surface area is 102 Å². The van der Waals surface area contributed by atoms with E-state index in [1.54, 1.807) is 6.20 Å². The average molecular weight is 233 g/mol. The predicted octanol–water partition coefficient (Wildman–Crippen LogP) is 2.42. The molecular formula is C13H19N3O. The van der Waals surface area contributed by atoms with Crippen LogP contribution in [0.4, 0.5) is 11.5 Å². The minimum atomic E-state index is 0.0703. The van der Waals surface area contributed by atoms with E-state index in [0.29, 0.717) is 6.42 Å². The zero-order chi connectivity index (χ0) is 12.1. The molecule has 0 bridgehead atoms. The fourth-order valence-electron chi connectivity index (χ4n) is 2.12. The molecule has 0 aliphatic carbocycles. The van der Waals surface area contributed by atoms with E-state index in [9.17, 15) is 4.79 Å². The van der Waals surface area contributed by atoms with Gasteiger partial charge in [0.2, 0.25) is 5.91 Å². The fraction of sp³-hybridized carbons (Fsp3) is 0.538. The molecule has 0 radical (unpaired) electrons. The van der Waals surface area contributed by atoms with E-state index >= 15 is 0 Å². The van der Waals surface area contributed by atoms with Gasteiger partial charge < -0.3 is 10.2 Å². The van der Waals surface area contributed by atoms with Crippen molar-refractivity contribution in [2.24, 2.45) is 0 Å². The van der Waals surface area contributed by atoms with Crippen molar-refractivity contribution in [2.45, 2.75) is 32.6 Å². The highest BCUT2D eigenvalue weighted by Gasteiger charge is 2.17. The van der Waals surface area contributed by atoms with Gasteiger partial charge in [-0.1, -0.05) is 6.92 Å². The van der Waals surface area contributed by atoms with Crippen molar-refractivity contribution in [3.05, 3.63) is 18.3 Å². The summed E-state index contributed by atoms with van der Waals surface area (Å²) in [6.45, 7) is 4.07. The molecule has 0 unspecified atom stereocenters. The summed E-state index contributed by atoms with van der Waals surface area (Å²) in [7, 11) is 0. The average Bonchev–Trinajstić information content (AvgIpc) is 2.83. The number of rotatable bonds is 4. The van der Waals surface area contributed by atoms with E-state index in [1.165, 1.54) is 12.8 Å². The maximum atomic E-state index is 11.6. The van der Waals surface area contributed by atoms with Crippen molar-refractivity contribution in [1.82, 2.24) is 4.98 Å². The topological polar surface area (TPSA) is 45.2 Å². The lowest BCUT2D eigenvalue weighted by molar-refractivity contribution is -0.116. The maximum absolute atomic E-state index is 11.6. The first kappa shape index (κ1) is 11.9. The molecule has 2 rings (SSSR count). The highest BCUT2D eigenvalue weighted by Crippen LogP contribution is 2.26. The highest BCUT2D eigenvalue weighted by molar-refractivity contribution is 5.93. The van der Waals surface area contributed by atoms with Gasteiger partial charge in [-0.2, -0.15) is 0 Å². The Hall–Kier alpha value is -1.58. The highest BCUT2D eigenvalue weighted by atomic mass is 16.1. The van der Waals surface area contributed by atoms with Crippen LogP contribution in [0.2, 0.25) is 0 Å². The molecule has 4 heteroatoms. The third kappa shape index (κ3) is 2.96. The first-order chi connectivity index (χ1) is 8.31. The lowest BCUT2D eigenvalue weighted by Gasteiger charge is -2.19. The van der Waals surface area contributed by atoms with E-state index in [0.717, 1.165) is 31.0 Å². The fourth-order valence-corrected chi connectivity index (χ4v) is 2.12. The van der Waals surface area contributed by atoms with E-state index in [2.05, 4.69) is 15.2 Å². The number of nitrogens with one attached hydrogen (secondary N) is 1. The summed E-state index contributed by atoms with van der Waals surface area (Å²) < 4.78 is 0. The summed E-state index contributed by atoms with van der Waals surface area (Å²) in [4.78, 5) is 18.2. The smallest absolute Gasteiger partial charge is 0.224 e. The Bertz CT molecular complexity index is 386. The van der Waals surface area contributed by atoms with Gasteiger partial charge in [0.15, 0.2) is 5.82 Å². The molecule has 1 amide bonds. The Kier molecular flexibility index (Phi) is 3.96. The molecule has 0 aromatic carbocycles. The zero-order valence-electron chi connectivity index (χ0n) is 10.3. The van der Waals surface area contributed by atoms with Crippen LogP contribution in [0, 0.1) is 0 Å². The van der Waals surface area contributed by atoms with Gasteiger partial charge >= 0.3 is 0 Å². The Morgan fingerprint density at radius 1 is 1.47 bits per heavy atom. The van der Waals surface area contributed by atoms with Crippen LogP contribution in [0.5, 0.6) is 0 Å². The summed E-state index contributed by atoms with van der Waals surface area (Å²) in [5.41, 5.74) is 0.841. The number of carbonyl (C=O) groups is 1. The van der Waals surface area contributed by atoms with E-state index < -0.39 is 0 Å². The lowest BCUT2D eigenvalue weighted by Crippen LogP contribution is -2.22. The number of amides is 1. The van der Waals surface area contributed by atoms with Crippen LogP contribution in [-0.4, -0.2) is 24.0 Å². The van der Waals surface area contributed by atoms with E-state index in [-0.39, 0.29) is 5.91 Å². The van der Waals surface area contributed by atoms with Crippen LogP contribution in [0.3, 0.4) is 0 Å². The summed E-state index contributed by atoms with van der Waals surface area (Å²) in [5.74, 6) is 0.982. The summed E-state index contributed by atoms with van der Waals surface area (Å²) in [5, 5.41) is 2.95. The number of carbonyl (C=O) groups excluding carboxylic acids is 1. The molecule has 92 valence electrons. The maximum Gasteiger partial charge on any atom is 0.224 e. The number of hydrogen-bond donors (Lipinski definition) is 1. The first-order valence-electron chi connectivity index (χ1n) is 6.31. The Balaban J connectivity index is 2.12. The molecule has 1 aliphatic heterocycles. The SMILES string of the molecule is CCCC(=O)Nc1cccnc1N1CCCC1. The van der Waals surface area contributed by atoms with Crippen molar-refractivity contribution in [1.29, 1.82) is 0 Å². The minimum Gasteiger partial charge on any atom is -0.355 e. The van der Waals surface area contributed by atoms with Crippen molar-refractivity contribution in [3.8, 4) is 0 Å². The number of pyridine rings is 1. The molecule has 1 aliphatic rings. The van der Waals surface area contributed by atoms with E-state index in [1.807, 2.05) is 19.1 Å². The molecular weight excluding hydrogens is 214 g/mol. The largest absolute Gasteiger partial charge is 0.355 e. The molecule has 0 atom stereocenters. The van der Waals surface area contributed by atoms with Gasteiger partial charge in [-0.05, 0) is 31.4 Å². The predicted molar refractivity (Wildman–Crippen MR) is 69.2 cm³/mol. The Morgan fingerprint density at radius 3 is 2.94 bits per heavy atom. The second kappa shape index (κ2) is 5.66. The molecule has 1 aromatic rings. The number of hydrogen-bond acceptors (Lipinski definition) is 3. The molecule has 17 heavy (non-hydrogen) atoms. The van der Waals surface area contributed by atoms with Crippen LogP contribution in [-0.2, 0) is 4.79 Å². The molecule has 1 N–H and O–H groups in total. The molecule has 0 spiro atoms. The van der Waals surface area contributed by atoms with E-state index in [4.69, 9.17) is 0 Å². The normalized spacial score (nSPS) is 15.0. The van der Waals surface area contributed by atoms with Crippen LogP contribution in [0.25, 0.3) is 0 Å². The summed E-state index contributed by atoms with van der Waals surface area (Å²) >= 11 is 0. The minimum absolute atomic E-state index is 0.0703. The quantitative estimate of drug-likeness (QED) is 0.868.